The molecule has 0 saturated heterocycles. The summed E-state index contributed by atoms with van der Waals surface area (Å²) in [6.45, 7) is 0.0357. The molecule has 0 aliphatic heterocycles. The Labute approximate surface area is 82.7 Å². The highest BCUT2D eigenvalue weighted by molar-refractivity contribution is 7.61. The Balaban J connectivity index is 2.62. The van der Waals surface area contributed by atoms with Crippen LogP contribution in [0.2, 0.25) is 0 Å². The Hall–Kier alpha value is -0.670. The molecule has 78 valence electrons. The number of hydrogen-bond donors (Lipinski definition) is 2. The molecule has 0 aliphatic rings. The van der Waals surface area contributed by atoms with Crippen LogP contribution in [0.15, 0.2) is 30.3 Å². The van der Waals surface area contributed by atoms with Crippen molar-refractivity contribution in [2.75, 3.05) is 13.2 Å². The molecule has 2 N–H and O–H groups in total. The van der Waals surface area contributed by atoms with E-state index >= 15 is 0 Å². The summed E-state index contributed by atoms with van der Waals surface area (Å²) in [5.41, 5.74) is 0. The number of benzene rings is 1. The van der Waals surface area contributed by atoms with E-state index in [-0.39, 0.29) is 18.5 Å². The Morgan fingerprint density at radius 2 is 1.93 bits per heavy atom. The molecule has 5 heteroatoms. The van der Waals surface area contributed by atoms with Crippen LogP contribution in [0.4, 0.5) is 0 Å². The van der Waals surface area contributed by atoms with E-state index in [1.807, 2.05) is 0 Å². The molecular formula is C9H13O4P. The normalized spacial score (nSPS) is 15.0. The molecule has 0 spiro atoms. The summed E-state index contributed by atoms with van der Waals surface area (Å²) in [6.07, 6.45) is 0.359. The molecule has 1 atom stereocenters. The quantitative estimate of drug-likeness (QED) is 0.566. The van der Waals surface area contributed by atoms with Gasteiger partial charge in [0.2, 0.25) is 0 Å². The molecule has 4 nitrogen and oxygen atoms in total. The lowest BCUT2D eigenvalue weighted by Crippen LogP contribution is -2.07. The average molecular weight is 216 g/mol. The lowest BCUT2D eigenvalue weighted by Gasteiger charge is -2.11. The second kappa shape index (κ2) is 5.27. The van der Waals surface area contributed by atoms with Gasteiger partial charge < -0.3 is 14.5 Å². The zero-order chi connectivity index (χ0) is 10.4. The van der Waals surface area contributed by atoms with Crippen molar-refractivity contribution in [2.24, 2.45) is 0 Å². The molecule has 1 aromatic rings. The first-order valence-electron chi connectivity index (χ1n) is 4.30. The second-order valence-electron chi connectivity index (χ2n) is 2.77. The van der Waals surface area contributed by atoms with Gasteiger partial charge in [-0.3, -0.25) is 4.57 Å². The Kier molecular flexibility index (Phi) is 4.29. The van der Waals surface area contributed by atoms with Crippen LogP contribution in [0.25, 0.3) is 0 Å². The zero-order valence-corrected chi connectivity index (χ0v) is 8.56. The molecule has 0 fully saturated rings. The maximum absolute atomic E-state index is 11.5. The lowest BCUT2D eigenvalue weighted by atomic mass is 10.4. The van der Waals surface area contributed by atoms with Crippen molar-refractivity contribution in [1.29, 1.82) is 0 Å². The molecule has 1 unspecified atom stereocenters. The Morgan fingerprint density at radius 1 is 1.29 bits per heavy atom. The zero-order valence-electron chi connectivity index (χ0n) is 7.67. The van der Waals surface area contributed by atoms with Crippen molar-refractivity contribution in [2.45, 2.75) is 6.42 Å². The summed E-state index contributed by atoms with van der Waals surface area (Å²) in [5.74, 6) is 0. The molecule has 0 heterocycles. The van der Waals surface area contributed by atoms with Crippen LogP contribution >= 0.6 is 7.60 Å². The third-order valence-corrected chi connectivity index (χ3v) is 3.13. The van der Waals surface area contributed by atoms with Gasteiger partial charge in [0.15, 0.2) is 0 Å². The number of hydrogen-bond acceptors (Lipinski definition) is 3. The molecule has 0 aliphatic carbocycles. The van der Waals surface area contributed by atoms with Gasteiger partial charge >= 0.3 is 7.60 Å². The highest BCUT2D eigenvalue weighted by atomic mass is 31.2. The van der Waals surface area contributed by atoms with Crippen LogP contribution in [0, 0.1) is 0 Å². The van der Waals surface area contributed by atoms with Crippen LogP contribution < -0.4 is 5.30 Å². The summed E-state index contributed by atoms with van der Waals surface area (Å²) in [5, 5.41) is 8.76. The van der Waals surface area contributed by atoms with E-state index < -0.39 is 7.60 Å². The first-order valence-corrected chi connectivity index (χ1v) is 5.88. The monoisotopic (exact) mass is 216 g/mol. The van der Waals surface area contributed by atoms with E-state index in [9.17, 15) is 9.46 Å². The summed E-state index contributed by atoms with van der Waals surface area (Å²) < 4.78 is 16.3. The number of aliphatic hydroxyl groups excluding tert-OH is 1. The summed E-state index contributed by atoms with van der Waals surface area (Å²) >= 11 is 0. The molecule has 14 heavy (non-hydrogen) atoms. The summed E-state index contributed by atoms with van der Waals surface area (Å²) in [7, 11) is -3.69. The third-order valence-electron chi connectivity index (χ3n) is 1.65. The standard InChI is InChI=1S/C9H13O4P/c10-7-4-8-13-14(11,12)9-5-2-1-3-6-9/h1-3,5-6,10H,4,7-8H2,(H,11,12). The first kappa shape index (κ1) is 11.4. The fraction of sp³-hybridized carbons (Fsp3) is 0.333. The fourth-order valence-corrected chi connectivity index (χ4v) is 2.02. The van der Waals surface area contributed by atoms with Gasteiger partial charge in [-0.15, -0.1) is 0 Å². The highest BCUT2D eigenvalue weighted by Crippen LogP contribution is 2.40. The molecule has 0 saturated carbocycles. The predicted molar refractivity (Wildman–Crippen MR) is 53.6 cm³/mol. The number of rotatable bonds is 5. The van der Waals surface area contributed by atoms with Gasteiger partial charge in [-0.1, -0.05) is 18.2 Å². The largest absolute Gasteiger partial charge is 0.396 e. The van der Waals surface area contributed by atoms with Crippen molar-refractivity contribution >= 4 is 12.9 Å². The van der Waals surface area contributed by atoms with E-state index in [4.69, 9.17) is 9.63 Å². The maximum atomic E-state index is 11.5. The van der Waals surface area contributed by atoms with Crippen molar-refractivity contribution in [3.8, 4) is 0 Å². The predicted octanol–water partition coefficient (Wildman–Crippen LogP) is 0.896. The smallest absolute Gasteiger partial charge is 0.358 e. The van der Waals surface area contributed by atoms with E-state index in [1.54, 1.807) is 30.3 Å². The van der Waals surface area contributed by atoms with E-state index in [2.05, 4.69) is 0 Å². The van der Waals surface area contributed by atoms with Gasteiger partial charge in [0.25, 0.3) is 0 Å². The SMILES string of the molecule is O=P(O)(OCCCO)c1ccccc1. The fourth-order valence-electron chi connectivity index (χ4n) is 0.944. The van der Waals surface area contributed by atoms with Crippen LogP contribution in [-0.4, -0.2) is 23.2 Å². The Bertz CT molecular complexity index is 312. The van der Waals surface area contributed by atoms with Crippen LogP contribution in [0.5, 0.6) is 0 Å². The van der Waals surface area contributed by atoms with Gasteiger partial charge in [-0.05, 0) is 18.6 Å². The van der Waals surface area contributed by atoms with Crippen molar-refractivity contribution < 1.29 is 19.1 Å². The highest BCUT2D eigenvalue weighted by Gasteiger charge is 2.21. The first-order chi connectivity index (χ1) is 6.67. The van der Waals surface area contributed by atoms with E-state index in [1.165, 1.54) is 0 Å². The average Bonchev–Trinajstić information content (AvgIpc) is 2.19. The Morgan fingerprint density at radius 3 is 2.50 bits per heavy atom. The summed E-state index contributed by atoms with van der Waals surface area (Å²) in [4.78, 5) is 9.46. The van der Waals surface area contributed by atoms with Gasteiger partial charge in [0.05, 0.1) is 11.9 Å². The van der Waals surface area contributed by atoms with Gasteiger partial charge in [0, 0.05) is 6.61 Å². The maximum Gasteiger partial charge on any atom is 0.358 e. The molecular weight excluding hydrogens is 203 g/mol. The minimum Gasteiger partial charge on any atom is -0.396 e. The van der Waals surface area contributed by atoms with Gasteiger partial charge in [-0.25, -0.2) is 0 Å². The van der Waals surface area contributed by atoms with E-state index in [0.717, 1.165) is 0 Å². The third kappa shape index (κ3) is 3.24. The minimum atomic E-state index is -3.69. The van der Waals surface area contributed by atoms with Crippen molar-refractivity contribution in [3.05, 3.63) is 30.3 Å². The van der Waals surface area contributed by atoms with Gasteiger partial charge in [-0.2, -0.15) is 0 Å². The summed E-state index contributed by atoms with van der Waals surface area (Å²) in [6, 6.07) is 8.19. The molecule has 0 aromatic heterocycles. The van der Waals surface area contributed by atoms with Crippen molar-refractivity contribution in [1.82, 2.24) is 0 Å². The van der Waals surface area contributed by atoms with E-state index in [0.29, 0.717) is 6.42 Å². The minimum absolute atomic E-state index is 0.0468. The lowest BCUT2D eigenvalue weighted by molar-refractivity contribution is 0.218. The van der Waals surface area contributed by atoms with Crippen LogP contribution in [0.3, 0.4) is 0 Å². The van der Waals surface area contributed by atoms with Gasteiger partial charge in [0.1, 0.15) is 0 Å². The molecule has 1 rings (SSSR count). The molecule has 0 radical (unpaired) electrons. The number of aliphatic hydroxyl groups is 1. The molecule has 0 bridgehead atoms. The van der Waals surface area contributed by atoms with Crippen molar-refractivity contribution in [3.63, 3.8) is 0 Å². The molecule has 1 aromatic carbocycles. The van der Waals surface area contributed by atoms with Crippen LogP contribution in [0.1, 0.15) is 6.42 Å². The second-order valence-corrected chi connectivity index (χ2v) is 4.58. The van der Waals surface area contributed by atoms with Crippen LogP contribution in [-0.2, 0) is 9.09 Å². The topological polar surface area (TPSA) is 66.8 Å². The molecule has 0 amide bonds.